The number of methoxy groups -OCH3 is 1. The molecule has 2 aromatic rings. The maximum absolute atomic E-state index is 5.91. The molecule has 2 rings (SSSR count). The molecule has 0 saturated carbocycles. The van der Waals surface area contributed by atoms with Crippen molar-refractivity contribution in [2.45, 2.75) is 24.9 Å². The summed E-state index contributed by atoms with van der Waals surface area (Å²) in [4.78, 5) is 20.4. The Labute approximate surface area is 204 Å². The number of nitrogens with one attached hydrogen (secondary N) is 3. The zero-order valence-corrected chi connectivity index (χ0v) is 21.0. The van der Waals surface area contributed by atoms with Gasteiger partial charge in [-0.15, -0.1) is 0 Å². The standard InChI is InChI=1S/C21H35N9OS2/c1-16-17(30-15-29-16)13-32-11-9-27-20(22)25-7-4-8-26-21(23)28-10-12-33-14-18-19(31-2)5-3-6-24-18/h3,5-6,15H,4,7-14H2,1-2H3,(H,29,30)(H3,22,25,27)(H3,23,26,28). The summed E-state index contributed by atoms with van der Waals surface area (Å²) >= 11 is 3.57. The summed E-state index contributed by atoms with van der Waals surface area (Å²) in [6.07, 6.45) is 4.29. The van der Waals surface area contributed by atoms with E-state index in [0.717, 1.165) is 65.4 Å². The third-order valence-corrected chi connectivity index (χ3v) is 6.41. The van der Waals surface area contributed by atoms with E-state index in [1.807, 2.05) is 30.8 Å². The SMILES string of the molecule is COc1cccnc1CSCCNC(N)=NCCCN=C(N)NCCSCc1nc[nH]c1C. The first kappa shape index (κ1) is 26.7. The summed E-state index contributed by atoms with van der Waals surface area (Å²) in [7, 11) is 1.66. The lowest BCUT2D eigenvalue weighted by Crippen LogP contribution is -2.34. The van der Waals surface area contributed by atoms with Crippen LogP contribution in [0.15, 0.2) is 34.6 Å². The van der Waals surface area contributed by atoms with E-state index in [0.29, 0.717) is 25.0 Å². The molecule has 2 aromatic heterocycles. The number of pyridine rings is 1. The number of aliphatic imine (C=N–C) groups is 2. The van der Waals surface area contributed by atoms with Gasteiger partial charge < -0.3 is 31.8 Å². The molecule has 0 unspecified atom stereocenters. The smallest absolute Gasteiger partial charge is 0.188 e. The third kappa shape index (κ3) is 11.2. The van der Waals surface area contributed by atoms with Crippen LogP contribution in [0, 0.1) is 6.92 Å². The first-order valence-electron chi connectivity index (χ1n) is 10.8. The Morgan fingerprint density at radius 1 is 1.03 bits per heavy atom. The largest absolute Gasteiger partial charge is 0.495 e. The fourth-order valence-corrected chi connectivity index (χ4v) is 4.35. The lowest BCUT2D eigenvalue weighted by Gasteiger charge is -2.08. The number of nitrogens with zero attached hydrogens (tertiary/aromatic N) is 4. The molecule has 0 atom stereocenters. The molecule has 0 aliphatic heterocycles. The fraction of sp³-hybridized carbons (Fsp3) is 0.524. The number of imidazole rings is 1. The highest BCUT2D eigenvalue weighted by atomic mass is 32.2. The first-order valence-corrected chi connectivity index (χ1v) is 13.1. The molecular formula is C21H35N9OS2. The summed E-state index contributed by atoms with van der Waals surface area (Å²) in [5.74, 6) is 5.23. The Morgan fingerprint density at radius 2 is 1.67 bits per heavy atom. The average Bonchev–Trinajstić information content (AvgIpc) is 3.23. The molecule has 0 bridgehead atoms. The van der Waals surface area contributed by atoms with Crippen LogP contribution in [-0.4, -0.2) is 71.7 Å². The number of ether oxygens (including phenoxy) is 1. The van der Waals surface area contributed by atoms with Gasteiger partial charge in [0.15, 0.2) is 11.9 Å². The molecule has 0 fully saturated rings. The third-order valence-electron chi connectivity index (χ3n) is 4.47. The van der Waals surface area contributed by atoms with Gasteiger partial charge in [-0.3, -0.25) is 15.0 Å². The summed E-state index contributed by atoms with van der Waals surface area (Å²) in [6.45, 7) is 4.75. The van der Waals surface area contributed by atoms with Gasteiger partial charge in [0.25, 0.3) is 0 Å². The number of rotatable bonds is 15. The number of hydrogen-bond acceptors (Lipinski definition) is 7. The Morgan fingerprint density at radius 3 is 2.24 bits per heavy atom. The average molecular weight is 494 g/mol. The zero-order chi connectivity index (χ0) is 23.7. The van der Waals surface area contributed by atoms with Crippen molar-refractivity contribution in [2.75, 3.05) is 44.8 Å². The van der Waals surface area contributed by atoms with Gasteiger partial charge in [0.1, 0.15) is 5.75 Å². The number of guanidine groups is 2. The van der Waals surface area contributed by atoms with E-state index >= 15 is 0 Å². The van der Waals surface area contributed by atoms with E-state index in [-0.39, 0.29) is 0 Å². The maximum atomic E-state index is 5.91. The van der Waals surface area contributed by atoms with Gasteiger partial charge >= 0.3 is 0 Å². The van der Waals surface area contributed by atoms with Crippen molar-refractivity contribution in [1.29, 1.82) is 0 Å². The van der Waals surface area contributed by atoms with Crippen molar-refractivity contribution in [3.63, 3.8) is 0 Å². The normalized spacial score (nSPS) is 12.1. The monoisotopic (exact) mass is 493 g/mol. The molecule has 0 aromatic carbocycles. The number of nitrogens with two attached hydrogens (primary N) is 2. The molecule has 10 nitrogen and oxygen atoms in total. The topological polar surface area (TPSA) is 152 Å². The van der Waals surface area contributed by atoms with Crippen molar-refractivity contribution in [2.24, 2.45) is 21.5 Å². The minimum Gasteiger partial charge on any atom is -0.495 e. The van der Waals surface area contributed by atoms with Crippen LogP contribution in [0.1, 0.15) is 23.5 Å². The second-order valence-corrected chi connectivity index (χ2v) is 9.18. The second kappa shape index (κ2) is 16.1. The number of aromatic nitrogens is 3. The van der Waals surface area contributed by atoms with E-state index < -0.39 is 0 Å². The molecule has 7 N–H and O–H groups in total. The highest BCUT2D eigenvalue weighted by molar-refractivity contribution is 7.98. The summed E-state index contributed by atoms with van der Waals surface area (Å²) in [5, 5.41) is 6.25. The van der Waals surface area contributed by atoms with Crippen molar-refractivity contribution in [3.8, 4) is 5.75 Å². The molecule has 33 heavy (non-hydrogen) atoms. The minimum atomic E-state index is 0.449. The molecule has 2 heterocycles. The van der Waals surface area contributed by atoms with Crippen LogP contribution in [0.25, 0.3) is 0 Å². The predicted molar refractivity (Wildman–Crippen MR) is 140 cm³/mol. The lowest BCUT2D eigenvalue weighted by atomic mass is 10.3. The van der Waals surface area contributed by atoms with Gasteiger partial charge in [0.2, 0.25) is 0 Å². The van der Waals surface area contributed by atoms with Crippen LogP contribution in [0.4, 0.5) is 0 Å². The quantitative estimate of drug-likeness (QED) is 0.141. The van der Waals surface area contributed by atoms with Crippen molar-refractivity contribution < 1.29 is 4.74 Å². The summed E-state index contributed by atoms with van der Waals surface area (Å²) in [5.41, 5.74) is 15.0. The molecule has 0 aliphatic rings. The summed E-state index contributed by atoms with van der Waals surface area (Å²) < 4.78 is 5.31. The van der Waals surface area contributed by atoms with Gasteiger partial charge in [-0.1, -0.05) is 0 Å². The van der Waals surface area contributed by atoms with E-state index in [1.54, 1.807) is 31.4 Å². The Bertz CT molecular complexity index is 873. The molecule has 0 saturated heterocycles. The molecule has 182 valence electrons. The van der Waals surface area contributed by atoms with Crippen LogP contribution >= 0.6 is 23.5 Å². The van der Waals surface area contributed by atoms with Crippen LogP contribution in [0.5, 0.6) is 5.75 Å². The molecular weight excluding hydrogens is 458 g/mol. The number of H-pyrrole nitrogens is 1. The maximum Gasteiger partial charge on any atom is 0.188 e. The first-order chi connectivity index (χ1) is 16.1. The number of aromatic amines is 1. The Balaban J connectivity index is 1.46. The Kier molecular flexibility index (Phi) is 13.0. The molecule has 12 heteroatoms. The highest BCUT2D eigenvalue weighted by Crippen LogP contribution is 2.19. The van der Waals surface area contributed by atoms with Gasteiger partial charge in [0, 0.05) is 61.1 Å². The number of hydrogen-bond donors (Lipinski definition) is 5. The van der Waals surface area contributed by atoms with Crippen LogP contribution in [0.2, 0.25) is 0 Å². The number of aryl methyl sites for hydroxylation is 1. The van der Waals surface area contributed by atoms with Crippen molar-refractivity contribution in [3.05, 3.63) is 41.7 Å². The van der Waals surface area contributed by atoms with Gasteiger partial charge in [-0.25, -0.2) is 4.98 Å². The molecule has 0 radical (unpaired) electrons. The van der Waals surface area contributed by atoms with E-state index in [4.69, 9.17) is 16.2 Å². The van der Waals surface area contributed by atoms with Crippen LogP contribution < -0.4 is 26.8 Å². The lowest BCUT2D eigenvalue weighted by molar-refractivity contribution is 0.409. The van der Waals surface area contributed by atoms with E-state index in [1.165, 1.54) is 0 Å². The van der Waals surface area contributed by atoms with E-state index in [2.05, 4.69) is 35.6 Å². The zero-order valence-electron chi connectivity index (χ0n) is 19.3. The van der Waals surface area contributed by atoms with Crippen LogP contribution in [0.3, 0.4) is 0 Å². The molecule has 0 amide bonds. The summed E-state index contributed by atoms with van der Waals surface area (Å²) in [6, 6.07) is 3.79. The molecule has 0 spiro atoms. The minimum absolute atomic E-state index is 0.449. The Hall–Kier alpha value is -2.60. The van der Waals surface area contributed by atoms with Gasteiger partial charge in [0.05, 0.1) is 24.8 Å². The van der Waals surface area contributed by atoms with E-state index in [9.17, 15) is 0 Å². The van der Waals surface area contributed by atoms with Gasteiger partial charge in [-0.05, 0) is 25.5 Å². The van der Waals surface area contributed by atoms with Gasteiger partial charge in [-0.2, -0.15) is 23.5 Å². The number of thioether (sulfide) groups is 2. The predicted octanol–water partition coefficient (Wildman–Crippen LogP) is 1.49. The van der Waals surface area contributed by atoms with Crippen molar-refractivity contribution >= 4 is 35.4 Å². The second-order valence-electron chi connectivity index (χ2n) is 6.97. The molecule has 0 aliphatic carbocycles. The van der Waals surface area contributed by atoms with Crippen molar-refractivity contribution in [1.82, 2.24) is 25.6 Å². The van der Waals surface area contributed by atoms with Crippen LogP contribution in [-0.2, 0) is 11.5 Å². The fourth-order valence-electron chi connectivity index (χ4n) is 2.67. The highest BCUT2D eigenvalue weighted by Gasteiger charge is 2.03.